The number of ether oxygens (including phenoxy) is 1. The minimum Gasteiger partial charge on any atom is -0.454 e. The average Bonchev–Trinajstić information content (AvgIpc) is 2.38. The molecule has 0 atom stereocenters. The van der Waals surface area contributed by atoms with Crippen LogP contribution in [0.5, 0.6) is 11.5 Å². The summed E-state index contributed by atoms with van der Waals surface area (Å²) in [4.78, 5) is 0. The van der Waals surface area contributed by atoms with E-state index in [1.165, 1.54) is 6.07 Å². The smallest absolute Gasteiger partial charge is 0.167 e. The zero-order valence-corrected chi connectivity index (χ0v) is 12.2. The lowest BCUT2D eigenvalue weighted by Crippen LogP contribution is -2.12. The molecule has 0 aliphatic carbocycles. The number of aryl methyl sites for hydroxylation is 2. The van der Waals surface area contributed by atoms with Gasteiger partial charge in [-0.15, -0.1) is 0 Å². The Morgan fingerprint density at radius 3 is 2.45 bits per heavy atom. The summed E-state index contributed by atoms with van der Waals surface area (Å²) >= 11 is 0. The van der Waals surface area contributed by atoms with Crippen molar-refractivity contribution in [3.8, 4) is 11.5 Å². The van der Waals surface area contributed by atoms with Gasteiger partial charge in [0.2, 0.25) is 0 Å². The van der Waals surface area contributed by atoms with Gasteiger partial charge in [0.15, 0.2) is 11.6 Å². The maximum absolute atomic E-state index is 14.0. The fourth-order valence-electron chi connectivity index (χ4n) is 2.18. The van der Waals surface area contributed by atoms with Crippen molar-refractivity contribution >= 4 is 0 Å². The van der Waals surface area contributed by atoms with Crippen molar-refractivity contribution in [3.63, 3.8) is 0 Å². The van der Waals surface area contributed by atoms with E-state index < -0.39 is 0 Å². The molecule has 0 spiro atoms. The molecule has 20 heavy (non-hydrogen) atoms. The maximum atomic E-state index is 14.0. The quantitative estimate of drug-likeness (QED) is 0.874. The van der Waals surface area contributed by atoms with Crippen LogP contribution < -0.4 is 10.1 Å². The van der Waals surface area contributed by atoms with E-state index in [1.807, 2.05) is 39.0 Å². The summed E-state index contributed by atoms with van der Waals surface area (Å²) in [7, 11) is 0. The van der Waals surface area contributed by atoms with Gasteiger partial charge in [-0.05, 0) is 49.7 Å². The molecule has 0 aromatic heterocycles. The van der Waals surface area contributed by atoms with E-state index in [1.54, 1.807) is 6.07 Å². The highest BCUT2D eigenvalue weighted by atomic mass is 19.1. The van der Waals surface area contributed by atoms with Crippen molar-refractivity contribution in [3.05, 3.63) is 58.9 Å². The fraction of sp³-hybridized carbons (Fsp3) is 0.294. The zero-order valence-electron chi connectivity index (χ0n) is 12.2. The maximum Gasteiger partial charge on any atom is 0.167 e. The topological polar surface area (TPSA) is 21.3 Å². The number of rotatable bonds is 5. The molecule has 1 N–H and O–H groups in total. The molecular weight excluding hydrogens is 253 g/mol. The molecular formula is C17H20FNO. The van der Waals surface area contributed by atoms with Gasteiger partial charge in [0.25, 0.3) is 0 Å². The molecule has 0 heterocycles. The number of nitrogens with one attached hydrogen (secondary N) is 1. The van der Waals surface area contributed by atoms with Crippen LogP contribution in [0.25, 0.3) is 0 Å². The van der Waals surface area contributed by atoms with Gasteiger partial charge in [0.1, 0.15) is 5.75 Å². The first kappa shape index (κ1) is 14.5. The first-order chi connectivity index (χ1) is 9.60. The molecule has 0 unspecified atom stereocenters. The summed E-state index contributed by atoms with van der Waals surface area (Å²) in [6, 6.07) is 10.9. The molecule has 2 nitrogen and oxygen atoms in total. The molecule has 0 saturated carbocycles. The molecule has 0 aliphatic rings. The van der Waals surface area contributed by atoms with Gasteiger partial charge in [0, 0.05) is 12.1 Å². The standard InChI is InChI=1S/C17H20FNO/c1-4-19-11-14-6-5-7-16(18)17(14)20-15-9-12(2)8-13(3)10-15/h5-10,19H,4,11H2,1-3H3. The Hall–Kier alpha value is -1.87. The second-order valence-electron chi connectivity index (χ2n) is 4.93. The van der Waals surface area contributed by atoms with E-state index in [-0.39, 0.29) is 5.82 Å². The summed E-state index contributed by atoms with van der Waals surface area (Å²) in [6.07, 6.45) is 0. The van der Waals surface area contributed by atoms with Crippen LogP contribution in [0, 0.1) is 19.7 Å². The molecule has 2 rings (SSSR count). The number of hydrogen-bond acceptors (Lipinski definition) is 2. The highest BCUT2D eigenvalue weighted by Crippen LogP contribution is 2.29. The molecule has 0 fully saturated rings. The van der Waals surface area contributed by atoms with Crippen molar-refractivity contribution < 1.29 is 9.13 Å². The summed E-state index contributed by atoms with van der Waals surface area (Å²) in [5.74, 6) is 0.642. The van der Waals surface area contributed by atoms with E-state index >= 15 is 0 Å². The van der Waals surface area contributed by atoms with Gasteiger partial charge in [-0.25, -0.2) is 4.39 Å². The van der Waals surface area contributed by atoms with E-state index in [4.69, 9.17) is 4.74 Å². The van der Waals surface area contributed by atoms with Gasteiger partial charge in [-0.1, -0.05) is 25.1 Å². The predicted molar refractivity (Wildman–Crippen MR) is 79.8 cm³/mol. The van der Waals surface area contributed by atoms with Gasteiger partial charge in [0.05, 0.1) is 0 Å². The highest BCUT2D eigenvalue weighted by molar-refractivity contribution is 5.41. The Morgan fingerprint density at radius 2 is 1.80 bits per heavy atom. The molecule has 0 bridgehead atoms. The van der Waals surface area contributed by atoms with E-state index in [9.17, 15) is 4.39 Å². The SMILES string of the molecule is CCNCc1cccc(F)c1Oc1cc(C)cc(C)c1. The minimum atomic E-state index is -0.334. The normalized spacial score (nSPS) is 10.6. The highest BCUT2D eigenvalue weighted by Gasteiger charge is 2.11. The van der Waals surface area contributed by atoms with E-state index in [2.05, 4.69) is 11.4 Å². The Kier molecular flexibility index (Phi) is 4.74. The average molecular weight is 273 g/mol. The Morgan fingerprint density at radius 1 is 1.10 bits per heavy atom. The lowest BCUT2D eigenvalue weighted by molar-refractivity contribution is 0.433. The van der Waals surface area contributed by atoms with Crippen molar-refractivity contribution in [2.75, 3.05) is 6.54 Å². The largest absolute Gasteiger partial charge is 0.454 e. The summed E-state index contributed by atoms with van der Waals surface area (Å²) in [5.41, 5.74) is 3.03. The van der Waals surface area contributed by atoms with Crippen molar-refractivity contribution in [2.24, 2.45) is 0 Å². The monoisotopic (exact) mass is 273 g/mol. The molecule has 0 saturated heterocycles. The first-order valence-electron chi connectivity index (χ1n) is 6.84. The molecule has 106 valence electrons. The molecule has 3 heteroatoms. The van der Waals surface area contributed by atoms with E-state index in [0.29, 0.717) is 18.0 Å². The zero-order chi connectivity index (χ0) is 14.5. The van der Waals surface area contributed by atoms with Crippen LogP contribution in [0.1, 0.15) is 23.6 Å². The minimum absolute atomic E-state index is 0.304. The van der Waals surface area contributed by atoms with Gasteiger partial charge < -0.3 is 10.1 Å². The molecule has 0 aliphatic heterocycles. The fourth-order valence-corrected chi connectivity index (χ4v) is 2.18. The van der Waals surface area contributed by atoms with Crippen LogP contribution in [-0.2, 0) is 6.54 Å². The molecule has 0 amide bonds. The van der Waals surface area contributed by atoms with Gasteiger partial charge in [-0.3, -0.25) is 0 Å². The lowest BCUT2D eigenvalue weighted by Gasteiger charge is -2.13. The van der Waals surface area contributed by atoms with Crippen LogP contribution in [0.2, 0.25) is 0 Å². The van der Waals surface area contributed by atoms with Crippen LogP contribution in [-0.4, -0.2) is 6.54 Å². The first-order valence-corrected chi connectivity index (χ1v) is 6.84. The molecule has 2 aromatic rings. The summed E-state index contributed by atoms with van der Waals surface area (Å²) in [6.45, 7) is 7.44. The number of halogens is 1. The lowest BCUT2D eigenvalue weighted by atomic mass is 10.1. The number of para-hydroxylation sites is 1. The Balaban J connectivity index is 2.31. The van der Waals surface area contributed by atoms with Crippen molar-refractivity contribution in [1.29, 1.82) is 0 Å². The third-order valence-electron chi connectivity index (χ3n) is 3.03. The van der Waals surface area contributed by atoms with Crippen molar-refractivity contribution in [1.82, 2.24) is 5.32 Å². The summed E-state index contributed by atoms with van der Waals surface area (Å²) < 4.78 is 19.8. The Bertz CT molecular complexity index is 575. The number of hydrogen-bond donors (Lipinski definition) is 1. The van der Waals surface area contributed by atoms with Crippen LogP contribution in [0.3, 0.4) is 0 Å². The van der Waals surface area contributed by atoms with Gasteiger partial charge in [-0.2, -0.15) is 0 Å². The predicted octanol–water partition coefficient (Wildman–Crippen LogP) is 4.34. The third-order valence-corrected chi connectivity index (χ3v) is 3.03. The van der Waals surface area contributed by atoms with Crippen molar-refractivity contribution in [2.45, 2.75) is 27.3 Å². The van der Waals surface area contributed by atoms with Crippen LogP contribution in [0.4, 0.5) is 4.39 Å². The second kappa shape index (κ2) is 6.53. The van der Waals surface area contributed by atoms with E-state index in [0.717, 1.165) is 23.2 Å². The third kappa shape index (κ3) is 3.58. The number of benzene rings is 2. The molecule has 2 aromatic carbocycles. The van der Waals surface area contributed by atoms with Gasteiger partial charge >= 0.3 is 0 Å². The van der Waals surface area contributed by atoms with Crippen LogP contribution in [0.15, 0.2) is 36.4 Å². The molecule has 0 radical (unpaired) electrons. The van der Waals surface area contributed by atoms with Crippen LogP contribution >= 0.6 is 0 Å². The summed E-state index contributed by atoms with van der Waals surface area (Å²) in [5, 5.41) is 3.19. The second-order valence-corrected chi connectivity index (χ2v) is 4.93. The Labute approximate surface area is 119 Å².